The van der Waals surface area contributed by atoms with Gasteiger partial charge in [0, 0.05) is 11.6 Å². The molecule has 0 amide bonds. The summed E-state index contributed by atoms with van der Waals surface area (Å²) in [5, 5.41) is 28.5. The Bertz CT molecular complexity index is 410. The van der Waals surface area contributed by atoms with Crippen LogP contribution in [0.3, 0.4) is 0 Å². The zero-order valence-corrected chi connectivity index (χ0v) is 9.76. The maximum atomic E-state index is 11.0. The molecule has 5 nitrogen and oxygen atoms in total. The Morgan fingerprint density at radius 1 is 1.41 bits per heavy atom. The van der Waals surface area contributed by atoms with Crippen molar-refractivity contribution in [3.05, 3.63) is 29.3 Å². The average Bonchev–Trinajstić information content (AvgIpc) is 2.27. The molecule has 0 radical (unpaired) electrons. The summed E-state index contributed by atoms with van der Waals surface area (Å²) in [6.07, 6.45) is -2.27. The molecule has 0 spiro atoms. The van der Waals surface area contributed by atoms with Crippen molar-refractivity contribution >= 4 is 23.3 Å². The number of carboxylic acid groups (broad SMARTS) is 1. The minimum absolute atomic E-state index is 0.0483. The van der Waals surface area contributed by atoms with E-state index in [9.17, 15) is 15.0 Å². The summed E-state index contributed by atoms with van der Waals surface area (Å²) < 4.78 is 0. The van der Waals surface area contributed by atoms with Gasteiger partial charge < -0.3 is 21.1 Å². The molecule has 0 saturated heterocycles. The van der Waals surface area contributed by atoms with Crippen LogP contribution in [0.2, 0.25) is 0 Å². The third-order valence-electron chi connectivity index (χ3n) is 2.43. The Morgan fingerprint density at radius 2 is 2.06 bits per heavy atom. The number of hydrogen-bond acceptors (Lipinski definition) is 4. The lowest BCUT2D eigenvalue weighted by atomic mass is 9.96. The molecule has 5 N–H and O–H groups in total. The molecule has 0 aliphatic heterocycles. The normalized spacial score (nSPS) is 14.3. The van der Waals surface area contributed by atoms with Gasteiger partial charge in [0.2, 0.25) is 0 Å². The number of anilines is 1. The molecular formula is C11H14ClNO4. The summed E-state index contributed by atoms with van der Waals surface area (Å²) in [5.41, 5.74) is 5.49. The lowest BCUT2D eigenvalue weighted by Gasteiger charge is -2.19. The smallest absolute Gasteiger partial charge is 0.338 e. The van der Waals surface area contributed by atoms with Crippen LogP contribution in [-0.2, 0) is 0 Å². The van der Waals surface area contributed by atoms with Crippen LogP contribution in [-0.4, -0.2) is 33.3 Å². The second-order valence-corrected chi connectivity index (χ2v) is 3.98. The average molecular weight is 260 g/mol. The Kier molecular flexibility index (Phi) is 4.74. The number of nitrogen functional groups attached to an aromatic ring is 1. The number of aromatic carboxylic acids is 1. The third-order valence-corrected chi connectivity index (χ3v) is 2.65. The quantitative estimate of drug-likeness (QED) is 0.466. The van der Waals surface area contributed by atoms with E-state index < -0.39 is 18.2 Å². The number of nitrogens with two attached hydrogens (primary N) is 1. The third kappa shape index (κ3) is 3.09. The fourth-order valence-corrected chi connectivity index (χ4v) is 1.78. The first-order valence-electron chi connectivity index (χ1n) is 5.02. The molecule has 0 fully saturated rings. The van der Waals surface area contributed by atoms with Gasteiger partial charge in [-0.3, -0.25) is 0 Å². The number of rotatable bonds is 5. The van der Waals surface area contributed by atoms with Crippen molar-refractivity contribution in [3.8, 4) is 0 Å². The van der Waals surface area contributed by atoms with E-state index in [-0.39, 0.29) is 29.1 Å². The van der Waals surface area contributed by atoms with Crippen molar-refractivity contribution in [3.63, 3.8) is 0 Å². The standard InChI is InChI=1S/C11H14ClNO4/c12-5-4-8(14)10(15)6-2-1-3-7(13)9(6)11(16)17/h1-3,8,10,14-15H,4-5,13H2,(H,16,17). The molecule has 0 bridgehead atoms. The van der Waals surface area contributed by atoms with Crippen LogP contribution in [0.1, 0.15) is 28.4 Å². The lowest BCUT2D eigenvalue weighted by molar-refractivity contribution is 0.0161. The van der Waals surface area contributed by atoms with Gasteiger partial charge in [-0.2, -0.15) is 0 Å². The summed E-state index contributed by atoms with van der Waals surface area (Å²) in [6, 6.07) is 4.36. The Hall–Kier alpha value is -1.30. The molecule has 1 rings (SSSR count). The first kappa shape index (κ1) is 13.8. The first-order chi connectivity index (χ1) is 7.99. The number of aliphatic hydroxyl groups is 2. The van der Waals surface area contributed by atoms with Gasteiger partial charge in [-0.1, -0.05) is 12.1 Å². The molecular weight excluding hydrogens is 246 g/mol. The predicted molar refractivity (Wildman–Crippen MR) is 64.1 cm³/mol. The molecule has 17 heavy (non-hydrogen) atoms. The molecule has 2 unspecified atom stereocenters. The van der Waals surface area contributed by atoms with Gasteiger partial charge in [-0.25, -0.2) is 4.79 Å². The Balaban J connectivity index is 3.13. The fraction of sp³-hybridized carbons (Fsp3) is 0.364. The molecule has 0 aliphatic carbocycles. The van der Waals surface area contributed by atoms with E-state index in [1.54, 1.807) is 0 Å². The van der Waals surface area contributed by atoms with Crippen molar-refractivity contribution in [1.29, 1.82) is 0 Å². The predicted octanol–water partition coefficient (Wildman–Crippen LogP) is 0.990. The summed E-state index contributed by atoms with van der Waals surface area (Å²) in [5.74, 6) is -1.07. The van der Waals surface area contributed by atoms with E-state index in [2.05, 4.69) is 0 Å². The maximum Gasteiger partial charge on any atom is 0.338 e. The number of benzene rings is 1. The largest absolute Gasteiger partial charge is 0.478 e. The van der Waals surface area contributed by atoms with Crippen molar-refractivity contribution in [2.24, 2.45) is 0 Å². The van der Waals surface area contributed by atoms with E-state index in [1.807, 2.05) is 0 Å². The minimum Gasteiger partial charge on any atom is -0.478 e. The molecule has 1 aromatic carbocycles. The number of carboxylic acids is 1. The highest BCUT2D eigenvalue weighted by Crippen LogP contribution is 2.26. The zero-order chi connectivity index (χ0) is 13.0. The van der Waals surface area contributed by atoms with Gasteiger partial charge in [0.25, 0.3) is 0 Å². The molecule has 2 atom stereocenters. The van der Waals surface area contributed by atoms with Crippen LogP contribution < -0.4 is 5.73 Å². The van der Waals surface area contributed by atoms with Gasteiger partial charge in [-0.05, 0) is 18.1 Å². The van der Waals surface area contributed by atoms with Crippen LogP contribution in [0.25, 0.3) is 0 Å². The van der Waals surface area contributed by atoms with Gasteiger partial charge >= 0.3 is 5.97 Å². The molecule has 1 aromatic rings. The van der Waals surface area contributed by atoms with Gasteiger partial charge in [-0.15, -0.1) is 11.6 Å². The van der Waals surface area contributed by atoms with Gasteiger partial charge in [0.1, 0.15) is 6.10 Å². The first-order valence-corrected chi connectivity index (χ1v) is 5.56. The highest BCUT2D eigenvalue weighted by molar-refractivity contribution is 6.17. The monoisotopic (exact) mass is 259 g/mol. The van der Waals surface area contributed by atoms with E-state index in [0.29, 0.717) is 0 Å². The summed E-state index contributed by atoms with van der Waals surface area (Å²) >= 11 is 5.45. The minimum atomic E-state index is -1.32. The van der Waals surface area contributed by atoms with Crippen molar-refractivity contribution in [2.75, 3.05) is 11.6 Å². The second kappa shape index (κ2) is 5.86. The Labute approximate surface area is 103 Å². The topological polar surface area (TPSA) is 104 Å². The van der Waals surface area contributed by atoms with E-state index >= 15 is 0 Å². The molecule has 0 aromatic heterocycles. The number of aliphatic hydroxyl groups excluding tert-OH is 2. The molecule has 0 heterocycles. The fourth-order valence-electron chi connectivity index (χ4n) is 1.56. The van der Waals surface area contributed by atoms with Gasteiger partial charge in [0.15, 0.2) is 0 Å². The summed E-state index contributed by atoms with van der Waals surface area (Å²) in [7, 11) is 0. The summed E-state index contributed by atoms with van der Waals surface area (Å²) in [6.45, 7) is 0. The SMILES string of the molecule is Nc1cccc(C(O)C(O)CCCl)c1C(=O)O. The molecule has 6 heteroatoms. The van der Waals surface area contributed by atoms with Crippen molar-refractivity contribution in [2.45, 2.75) is 18.6 Å². The van der Waals surface area contributed by atoms with E-state index in [4.69, 9.17) is 22.4 Å². The molecule has 0 saturated carbocycles. The second-order valence-electron chi connectivity index (χ2n) is 3.61. The van der Waals surface area contributed by atoms with E-state index in [0.717, 1.165) is 0 Å². The van der Waals surface area contributed by atoms with Gasteiger partial charge in [0.05, 0.1) is 11.7 Å². The molecule has 94 valence electrons. The highest BCUT2D eigenvalue weighted by Gasteiger charge is 2.24. The van der Waals surface area contributed by atoms with Crippen LogP contribution in [0, 0.1) is 0 Å². The Morgan fingerprint density at radius 3 is 2.59 bits per heavy atom. The summed E-state index contributed by atoms with van der Waals surface area (Å²) in [4.78, 5) is 11.0. The van der Waals surface area contributed by atoms with Crippen molar-refractivity contribution < 1.29 is 20.1 Å². The van der Waals surface area contributed by atoms with Crippen LogP contribution in [0.4, 0.5) is 5.69 Å². The lowest BCUT2D eigenvalue weighted by Crippen LogP contribution is -2.21. The molecule has 0 aliphatic rings. The van der Waals surface area contributed by atoms with Crippen LogP contribution in [0.5, 0.6) is 0 Å². The van der Waals surface area contributed by atoms with E-state index in [1.165, 1.54) is 18.2 Å². The number of halogens is 1. The number of carbonyl (C=O) groups is 1. The highest BCUT2D eigenvalue weighted by atomic mass is 35.5. The zero-order valence-electron chi connectivity index (χ0n) is 9.01. The van der Waals surface area contributed by atoms with Crippen LogP contribution >= 0.6 is 11.6 Å². The maximum absolute atomic E-state index is 11.0. The van der Waals surface area contributed by atoms with Crippen LogP contribution in [0.15, 0.2) is 18.2 Å². The number of alkyl halides is 1. The number of hydrogen-bond donors (Lipinski definition) is 4. The van der Waals surface area contributed by atoms with Crippen molar-refractivity contribution in [1.82, 2.24) is 0 Å².